The van der Waals surface area contributed by atoms with Crippen LogP contribution in [0, 0.1) is 11.8 Å². The van der Waals surface area contributed by atoms with E-state index in [0.717, 1.165) is 39.1 Å². The predicted molar refractivity (Wildman–Crippen MR) is 64.3 cm³/mol. The van der Waals surface area contributed by atoms with Gasteiger partial charge in [0.1, 0.15) is 0 Å². The second-order valence-electron chi connectivity index (χ2n) is 6.04. The van der Waals surface area contributed by atoms with Crippen LogP contribution in [0.2, 0.25) is 0 Å². The van der Waals surface area contributed by atoms with Gasteiger partial charge in [0.25, 0.3) is 0 Å². The molecule has 1 spiro atoms. The smallest absolute Gasteiger partial charge is 0.0940 e. The fourth-order valence-corrected chi connectivity index (χ4v) is 2.89. The molecule has 0 aromatic rings. The van der Waals surface area contributed by atoms with E-state index in [-0.39, 0.29) is 11.1 Å². The molecule has 94 valence electrons. The van der Waals surface area contributed by atoms with Crippen molar-refractivity contribution in [1.82, 2.24) is 0 Å². The van der Waals surface area contributed by atoms with Gasteiger partial charge < -0.3 is 15.2 Å². The molecule has 0 aliphatic carbocycles. The second-order valence-corrected chi connectivity index (χ2v) is 6.04. The summed E-state index contributed by atoms with van der Waals surface area (Å²) < 4.78 is 11.4. The zero-order valence-electron chi connectivity index (χ0n) is 10.8. The lowest BCUT2D eigenvalue weighted by atomic mass is 9.70. The van der Waals surface area contributed by atoms with Gasteiger partial charge in [-0.15, -0.1) is 0 Å². The molecule has 16 heavy (non-hydrogen) atoms. The Hall–Kier alpha value is -0.120. The number of ether oxygens (including phenoxy) is 2. The lowest BCUT2D eigenvalue weighted by Gasteiger charge is -2.45. The molecule has 0 aromatic heterocycles. The third kappa shape index (κ3) is 2.13. The van der Waals surface area contributed by atoms with Gasteiger partial charge in [-0.2, -0.15) is 0 Å². The molecule has 2 rings (SSSR count). The van der Waals surface area contributed by atoms with Crippen molar-refractivity contribution in [2.24, 2.45) is 17.6 Å². The summed E-state index contributed by atoms with van der Waals surface area (Å²) in [5.74, 6) is 1.07. The first-order valence-corrected chi connectivity index (χ1v) is 6.47. The zero-order valence-corrected chi connectivity index (χ0v) is 10.8. The molecule has 0 bridgehead atoms. The van der Waals surface area contributed by atoms with Crippen LogP contribution in [-0.4, -0.2) is 31.0 Å². The van der Waals surface area contributed by atoms with Gasteiger partial charge in [0, 0.05) is 25.2 Å². The van der Waals surface area contributed by atoms with E-state index in [1.807, 2.05) is 0 Å². The summed E-state index contributed by atoms with van der Waals surface area (Å²) in [4.78, 5) is 0. The van der Waals surface area contributed by atoms with Crippen LogP contribution in [0.3, 0.4) is 0 Å². The Bertz CT molecular complexity index is 244. The van der Waals surface area contributed by atoms with Gasteiger partial charge in [-0.25, -0.2) is 0 Å². The molecule has 3 nitrogen and oxygen atoms in total. The molecule has 3 unspecified atom stereocenters. The molecule has 2 aliphatic rings. The van der Waals surface area contributed by atoms with Crippen molar-refractivity contribution in [1.29, 1.82) is 0 Å². The average Bonchev–Trinajstić information content (AvgIpc) is 2.66. The minimum Gasteiger partial charge on any atom is -0.378 e. The minimum absolute atomic E-state index is 0.0154. The molecule has 2 saturated heterocycles. The highest BCUT2D eigenvalue weighted by atomic mass is 16.6. The lowest BCUT2D eigenvalue weighted by molar-refractivity contribution is -0.111. The maximum atomic E-state index is 6.49. The van der Waals surface area contributed by atoms with E-state index in [2.05, 4.69) is 20.8 Å². The maximum absolute atomic E-state index is 6.49. The Morgan fingerprint density at radius 2 is 2.12 bits per heavy atom. The molecule has 3 heteroatoms. The largest absolute Gasteiger partial charge is 0.378 e. The molecular formula is C13H25NO2. The van der Waals surface area contributed by atoms with Gasteiger partial charge in [-0.05, 0) is 31.6 Å². The lowest BCUT2D eigenvalue weighted by Crippen LogP contribution is -2.54. The summed E-state index contributed by atoms with van der Waals surface area (Å²) >= 11 is 0. The molecule has 0 radical (unpaired) electrons. The SMILES string of the molecule is CC(C)C(C)(N)C1CCOC2(CCOC2)C1. The van der Waals surface area contributed by atoms with Gasteiger partial charge in [0.15, 0.2) is 0 Å². The Balaban J connectivity index is 2.06. The van der Waals surface area contributed by atoms with E-state index < -0.39 is 0 Å². The Kier molecular flexibility index (Phi) is 3.30. The molecule has 2 fully saturated rings. The van der Waals surface area contributed by atoms with Crippen LogP contribution in [0.5, 0.6) is 0 Å². The highest BCUT2D eigenvalue weighted by Crippen LogP contribution is 2.41. The molecule has 2 heterocycles. The van der Waals surface area contributed by atoms with Gasteiger partial charge >= 0.3 is 0 Å². The summed E-state index contributed by atoms with van der Waals surface area (Å²) in [6, 6.07) is 0. The van der Waals surface area contributed by atoms with Crippen LogP contribution in [0.15, 0.2) is 0 Å². The van der Waals surface area contributed by atoms with Gasteiger partial charge in [0.2, 0.25) is 0 Å². The summed E-state index contributed by atoms with van der Waals surface area (Å²) in [6.45, 7) is 9.07. The quantitative estimate of drug-likeness (QED) is 0.784. The monoisotopic (exact) mass is 227 g/mol. The van der Waals surface area contributed by atoms with Crippen molar-refractivity contribution in [3.8, 4) is 0 Å². The maximum Gasteiger partial charge on any atom is 0.0940 e. The van der Waals surface area contributed by atoms with Crippen molar-refractivity contribution in [2.45, 2.75) is 51.2 Å². The number of hydrogen-bond acceptors (Lipinski definition) is 3. The van der Waals surface area contributed by atoms with E-state index in [1.54, 1.807) is 0 Å². The molecule has 3 atom stereocenters. The summed E-state index contributed by atoms with van der Waals surface area (Å²) in [5, 5.41) is 0. The van der Waals surface area contributed by atoms with Crippen molar-refractivity contribution >= 4 is 0 Å². The zero-order chi connectivity index (χ0) is 11.8. The number of hydrogen-bond donors (Lipinski definition) is 1. The van der Waals surface area contributed by atoms with Crippen LogP contribution in [0.25, 0.3) is 0 Å². The van der Waals surface area contributed by atoms with Crippen molar-refractivity contribution < 1.29 is 9.47 Å². The van der Waals surface area contributed by atoms with Crippen LogP contribution in [0.4, 0.5) is 0 Å². The molecular weight excluding hydrogens is 202 g/mol. The minimum atomic E-state index is -0.0840. The Labute approximate surface area is 98.7 Å². The van der Waals surface area contributed by atoms with E-state index in [0.29, 0.717) is 11.8 Å². The van der Waals surface area contributed by atoms with Crippen LogP contribution >= 0.6 is 0 Å². The first-order valence-electron chi connectivity index (χ1n) is 6.47. The topological polar surface area (TPSA) is 44.5 Å². The van der Waals surface area contributed by atoms with Crippen LogP contribution in [0.1, 0.15) is 40.0 Å². The number of nitrogens with two attached hydrogens (primary N) is 1. The standard InChI is InChI=1S/C13H25NO2/c1-10(2)12(3,14)11-4-6-16-13(8-11)5-7-15-9-13/h10-11H,4-9,14H2,1-3H3. The molecule has 0 saturated carbocycles. The first-order chi connectivity index (χ1) is 7.46. The molecule has 0 aromatic carbocycles. The molecule has 0 amide bonds. The fourth-order valence-electron chi connectivity index (χ4n) is 2.89. The van der Waals surface area contributed by atoms with Gasteiger partial charge in [-0.3, -0.25) is 0 Å². The van der Waals surface area contributed by atoms with Crippen molar-refractivity contribution in [3.63, 3.8) is 0 Å². The van der Waals surface area contributed by atoms with E-state index in [1.165, 1.54) is 0 Å². The number of rotatable bonds is 2. The normalized spacial score (nSPS) is 39.2. The summed E-state index contributed by atoms with van der Waals surface area (Å²) in [5.41, 5.74) is 6.39. The molecule has 2 N–H and O–H groups in total. The van der Waals surface area contributed by atoms with Crippen LogP contribution < -0.4 is 5.73 Å². The Morgan fingerprint density at radius 1 is 1.38 bits per heavy atom. The first kappa shape index (κ1) is 12.3. The third-order valence-corrected chi connectivity index (χ3v) is 4.68. The third-order valence-electron chi connectivity index (χ3n) is 4.68. The highest BCUT2D eigenvalue weighted by Gasteiger charge is 2.46. The van der Waals surface area contributed by atoms with E-state index in [4.69, 9.17) is 15.2 Å². The van der Waals surface area contributed by atoms with E-state index >= 15 is 0 Å². The van der Waals surface area contributed by atoms with Crippen LogP contribution in [-0.2, 0) is 9.47 Å². The van der Waals surface area contributed by atoms with Gasteiger partial charge in [-0.1, -0.05) is 13.8 Å². The second kappa shape index (κ2) is 4.28. The molecule has 2 aliphatic heterocycles. The summed E-state index contributed by atoms with van der Waals surface area (Å²) in [6.07, 6.45) is 3.20. The highest BCUT2D eigenvalue weighted by molar-refractivity contribution is 4.98. The average molecular weight is 227 g/mol. The predicted octanol–water partition coefficient (Wildman–Crippen LogP) is 1.95. The van der Waals surface area contributed by atoms with Crippen molar-refractivity contribution in [2.75, 3.05) is 19.8 Å². The fraction of sp³-hybridized carbons (Fsp3) is 1.00. The van der Waals surface area contributed by atoms with E-state index in [9.17, 15) is 0 Å². The summed E-state index contributed by atoms with van der Waals surface area (Å²) in [7, 11) is 0. The van der Waals surface area contributed by atoms with Crippen molar-refractivity contribution in [3.05, 3.63) is 0 Å². The van der Waals surface area contributed by atoms with Gasteiger partial charge in [0.05, 0.1) is 12.2 Å². The Morgan fingerprint density at radius 3 is 2.69 bits per heavy atom.